The number of fused-ring (bicyclic) bond motifs is 1. The van der Waals surface area contributed by atoms with Gasteiger partial charge in [0.25, 0.3) is 0 Å². The van der Waals surface area contributed by atoms with E-state index in [9.17, 15) is 0 Å². The van der Waals surface area contributed by atoms with Crippen LogP contribution in [0.15, 0.2) is 54.6 Å². The number of rotatable bonds is 4. The minimum absolute atomic E-state index is 0.544. The average molecular weight is 330 g/mol. The van der Waals surface area contributed by atoms with Gasteiger partial charge in [-0.1, -0.05) is 64.5 Å². The number of nitrogens with zero attached hydrogens (tertiary/aromatic N) is 1. The molecule has 0 bridgehead atoms. The van der Waals surface area contributed by atoms with Crippen molar-refractivity contribution in [1.82, 2.24) is 0 Å². The zero-order valence-electron chi connectivity index (χ0n) is 11.6. The third kappa shape index (κ3) is 2.90. The summed E-state index contributed by atoms with van der Waals surface area (Å²) in [7, 11) is 0. The molecule has 0 amide bonds. The molecule has 0 aromatic heterocycles. The van der Waals surface area contributed by atoms with Crippen molar-refractivity contribution in [3.8, 4) is 0 Å². The highest BCUT2D eigenvalue weighted by molar-refractivity contribution is 9.09. The highest BCUT2D eigenvalue weighted by Crippen LogP contribution is 2.29. The van der Waals surface area contributed by atoms with E-state index in [1.54, 1.807) is 0 Å². The summed E-state index contributed by atoms with van der Waals surface area (Å²) in [6.07, 6.45) is 2.48. The second-order valence-corrected chi connectivity index (χ2v) is 6.09. The molecule has 20 heavy (non-hydrogen) atoms. The predicted molar refractivity (Wildman–Crippen MR) is 90.0 cm³/mol. The van der Waals surface area contributed by atoms with E-state index in [4.69, 9.17) is 0 Å². The lowest BCUT2D eigenvalue weighted by atomic mass is 9.97. The Bertz CT molecular complexity index is 552. The molecule has 104 valence electrons. The van der Waals surface area contributed by atoms with Crippen LogP contribution in [0.1, 0.15) is 23.5 Å². The molecule has 1 atom stereocenters. The first-order valence-electron chi connectivity index (χ1n) is 7.32. The summed E-state index contributed by atoms with van der Waals surface area (Å²) in [6.45, 7) is 2.26. The normalized spacial score (nSPS) is 15.8. The van der Waals surface area contributed by atoms with E-state index in [0.29, 0.717) is 5.92 Å². The van der Waals surface area contributed by atoms with Gasteiger partial charge in [-0.2, -0.15) is 0 Å². The molecular formula is C18H20BrN. The Morgan fingerprint density at radius 1 is 1.00 bits per heavy atom. The lowest BCUT2D eigenvalue weighted by molar-refractivity contribution is 0.645. The maximum Gasteiger partial charge on any atom is 0.0398 e. The molecule has 1 nitrogen and oxygen atoms in total. The number of aryl methyl sites for hydroxylation is 1. The Morgan fingerprint density at radius 2 is 1.75 bits per heavy atom. The quantitative estimate of drug-likeness (QED) is 0.740. The Hall–Kier alpha value is -1.28. The zero-order chi connectivity index (χ0) is 13.8. The molecule has 2 aromatic carbocycles. The number of halogens is 1. The maximum atomic E-state index is 3.69. The fraction of sp³-hybridized carbons (Fsp3) is 0.333. The molecule has 1 heterocycles. The smallest absolute Gasteiger partial charge is 0.0398 e. The molecule has 0 N–H and O–H groups in total. The van der Waals surface area contributed by atoms with Gasteiger partial charge in [0.15, 0.2) is 0 Å². The molecule has 1 unspecified atom stereocenters. The highest BCUT2D eigenvalue weighted by atomic mass is 79.9. The van der Waals surface area contributed by atoms with Gasteiger partial charge in [-0.25, -0.2) is 0 Å². The number of hydrogen-bond acceptors (Lipinski definition) is 1. The summed E-state index contributed by atoms with van der Waals surface area (Å²) in [6, 6.07) is 19.7. The van der Waals surface area contributed by atoms with Crippen molar-refractivity contribution in [3.05, 3.63) is 65.7 Å². The molecule has 0 spiro atoms. The molecule has 0 radical (unpaired) electrons. The summed E-state index contributed by atoms with van der Waals surface area (Å²) in [4.78, 5) is 2.55. The van der Waals surface area contributed by atoms with Crippen LogP contribution in [0.2, 0.25) is 0 Å². The van der Waals surface area contributed by atoms with Crippen molar-refractivity contribution in [3.63, 3.8) is 0 Å². The van der Waals surface area contributed by atoms with Crippen molar-refractivity contribution in [2.24, 2.45) is 0 Å². The predicted octanol–water partition coefficient (Wildman–Crippen LogP) is 4.62. The van der Waals surface area contributed by atoms with Crippen LogP contribution in [-0.2, 0) is 6.42 Å². The SMILES string of the molecule is BrCC(CN1CCCc2ccccc21)c1ccccc1. The molecule has 0 aliphatic carbocycles. The molecule has 0 saturated carbocycles. The van der Waals surface area contributed by atoms with E-state index in [1.165, 1.54) is 36.2 Å². The van der Waals surface area contributed by atoms with E-state index >= 15 is 0 Å². The van der Waals surface area contributed by atoms with Gasteiger partial charge in [0, 0.05) is 30.0 Å². The van der Waals surface area contributed by atoms with Gasteiger partial charge in [-0.15, -0.1) is 0 Å². The molecule has 3 rings (SSSR count). The molecule has 0 saturated heterocycles. The average Bonchev–Trinajstić information content (AvgIpc) is 2.53. The monoisotopic (exact) mass is 329 g/mol. The maximum absolute atomic E-state index is 3.69. The first-order chi connectivity index (χ1) is 9.88. The van der Waals surface area contributed by atoms with Crippen LogP contribution in [-0.4, -0.2) is 18.4 Å². The molecule has 1 aliphatic heterocycles. The van der Waals surface area contributed by atoms with Gasteiger partial charge in [-0.3, -0.25) is 0 Å². The van der Waals surface area contributed by atoms with Gasteiger partial charge >= 0.3 is 0 Å². The number of para-hydroxylation sites is 1. The van der Waals surface area contributed by atoms with Crippen LogP contribution in [0.4, 0.5) is 5.69 Å². The summed E-state index contributed by atoms with van der Waals surface area (Å²) < 4.78 is 0. The number of alkyl halides is 1. The summed E-state index contributed by atoms with van der Waals surface area (Å²) in [5.74, 6) is 0.544. The lowest BCUT2D eigenvalue weighted by Gasteiger charge is -2.34. The van der Waals surface area contributed by atoms with Crippen molar-refractivity contribution in [2.75, 3.05) is 23.3 Å². The molecule has 0 fully saturated rings. The molecular weight excluding hydrogens is 310 g/mol. The van der Waals surface area contributed by atoms with Gasteiger partial charge in [0.05, 0.1) is 0 Å². The summed E-state index contributed by atoms with van der Waals surface area (Å²) in [5.41, 5.74) is 4.35. The molecule has 2 heteroatoms. The van der Waals surface area contributed by atoms with E-state index < -0.39 is 0 Å². The Morgan fingerprint density at radius 3 is 2.55 bits per heavy atom. The van der Waals surface area contributed by atoms with Gasteiger partial charge in [0.1, 0.15) is 0 Å². The van der Waals surface area contributed by atoms with Crippen LogP contribution in [0.3, 0.4) is 0 Å². The Balaban J connectivity index is 1.81. The van der Waals surface area contributed by atoms with Crippen molar-refractivity contribution >= 4 is 21.6 Å². The molecule has 1 aliphatic rings. The van der Waals surface area contributed by atoms with Gasteiger partial charge < -0.3 is 4.90 Å². The standard InChI is InChI=1S/C18H20BrN/c19-13-17(15-7-2-1-3-8-15)14-20-12-6-10-16-9-4-5-11-18(16)20/h1-5,7-9,11,17H,6,10,12-14H2. The van der Waals surface area contributed by atoms with Crippen molar-refractivity contribution in [2.45, 2.75) is 18.8 Å². The van der Waals surface area contributed by atoms with Crippen LogP contribution >= 0.6 is 15.9 Å². The third-order valence-corrected chi connectivity index (χ3v) is 4.89. The fourth-order valence-corrected chi connectivity index (χ4v) is 3.61. The van der Waals surface area contributed by atoms with E-state index in [-0.39, 0.29) is 0 Å². The van der Waals surface area contributed by atoms with Crippen LogP contribution in [0, 0.1) is 0 Å². The van der Waals surface area contributed by atoms with E-state index in [1.807, 2.05) is 0 Å². The van der Waals surface area contributed by atoms with Gasteiger partial charge in [-0.05, 0) is 30.0 Å². The lowest BCUT2D eigenvalue weighted by Crippen LogP contribution is -2.33. The van der Waals surface area contributed by atoms with Crippen LogP contribution in [0.5, 0.6) is 0 Å². The number of anilines is 1. The topological polar surface area (TPSA) is 3.24 Å². The largest absolute Gasteiger partial charge is 0.371 e. The van der Waals surface area contributed by atoms with Crippen LogP contribution < -0.4 is 4.90 Å². The Labute approximate surface area is 129 Å². The van der Waals surface area contributed by atoms with E-state index in [0.717, 1.165) is 11.9 Å². The first kappa shape index (κ1) is 13.7. The van der Waals surface area contributed by atoms with E-state index in [2.05, 4.69) is 75.4 Å². The highest BCUT2D eigenvalue weighted by Gasteiger charge is 2.20. The third-order valence-electron chi connectivity index (χ3n) is 4.10. The molecule has 2 aromatic rings. The van der Waals surface area contributed by atoms with Gasteiger partial charge in [0.2, 0.25) is 0 Å². The Kier molecular flexibility index (Phi) is 4.41. The number of benzene rings is 2. The summed E-state index contributed by atoms with van der Waals surface area (Å²) >= 11 is 3.69. The second-order valence-electron chi connectivity index (χ2n) is 5.44. The van der Waals surface area contributed by atoms with Crippen LogP contribution in [0.25, 0.3) is 0 Å². The minimum Gasteiger partial charge on any atom is -0.371 e. The van der Waals surface area contributed by atoms with Crippen molar-refractivity contribution < 1.29 is 0 Å². The minimum atomic E-state index is 0.544. The zero-order valence-corrected chi connectivity index (χ0v) is 13.2. The number of hydrogen-bond donors (Lipinski definition) is 0. The fourth-order valence-electron chi connectivity index (χ4n) is 3.04. The summed E-state index contributed by atoms with van der Waals surface area (Å²) in [5, 5.41) is 1.01. The first-order valence-corrected chi connectivity index (χ1v) is 8.44. The van der Waals surface area contributed by atoms with Crippen molar-refractivity contribution in [1.29, 1.82) is 0 Å². The second kappa shape index (κ2) is 6.45.